The van der Waals surface area contributed by atoms with Crippen LogP contribution < -0.4 is 4.74 Å². The Labute approximate surface area is 252 Å². The van der Waals surface area contributed by atoms with E-state index in [-0.39, 0.29) is 11.1 Å². The molecule has 4 aromatic rings. The van der Waals surface area contributed by atoms with Crippen molar-refractivity contribution in [3.63, 3.8) is 0 Å². The molecule has 0 fully saturated rings. The predicted octanol–water partition coefficient (Wildman–Crippen LogP) is 7.24. The fraction of sp³-hybridized carbons (Fsp3) is 0.222. The molecule has 0 saturated heterocycles. The molecule has 5 rings (SSSR count). The molecule has 1 aliphatic heterocycles. The fourth-order valence-electron chi connectivity index (χ4n) is 5.13. The quantitative estimate of drug-likeness (QED) is 0.165. The van der Waals surface area contributed by atoms with Crippen LogP contribution in [0.2, 0.25) is 0 Å². The molecule has 1 atom stereocenters. The minimum absolute atomic E-state index is 0.0480. The number of hydrogen-bond donors (Lipinski definition) is 0. The third kappa shape index (κ3) is 5.91. The van der Waals surface area contributed by atoms with E-state index in [0.717, 1.165) is 28.1 Å². The third-order valence-electron chi connectivity index (χ3n) is 7.53. The van der Waals surface area contributed by atoms with E-state index in [2.05, 4.69) is 13.8 Å². The number of hydrogen-bond acceptors (Lipinski definition) is 5. The first-order valence-electron chi connectivity index (χ1n) is 14.3. The first kappa shape index (κ1) is 29.3. The van der Waals surface area contributed by atoms with Gasteiger partial charge in [-0.15, -0.1) is 0 Å². The lowest BCUT2D eigenvalue weighted by atomic mass is 9.91. The number of nitriles is 1. The Morgan fingerprint density at radius 1 is 0.930 bits per heavy atom. The Bertz CT molecular complexity index is 1780. The van der Waals surface area contributed by atoms with E-state index in [4.69, 9.17) is 9.84 Å². The SMILES string of the molecule is CC1=C(C#N)C(=O)N(C(C)c2ccccc2)C(=O)/C1=C/c1cn(-c2ccccc2)nc1-c1ccc(OCC(C)C)c(C)c1. The molecule has 2 amide bonds. The van der Waals surface area contributed by atoms with Gasteiger partial charge in [0.15, 0.2) is 0 Å². The molecule has 1 aromatic heterocycles. The highest BCUT2D eigenvalue weighted by Crippen LogP contribution is 2.35. The van der Waals surface area contributed by atoms with Crippen LogP contribution in [0.3, 0.4) is 0 Å². The van der Waals surface area contributed by atoms with Crippen molar-refractivity contribution >= 4 is 17.9 Å². The molecular formula is C36H34N4O3. The van der Waals surface area contributed by atoms with E-state index >= 15 is 0 Å². The molecule has 43 heavy (non-hydrogen) atoms. The van der Waals surface area contributed by atoms with Crippen molar-refractivity contribution in [1.29, 1.82) is 5.26 Å². The summed E-state index contributed by atoms with van der Waals surface area (Å²) in [6.07, 6.45) is 3.61. The summed E-state index contributed by atoms with van der Waals surface area (Å²) >= 11 is 0. The van der Waals surface area contributed by atoms with Gasteiger partial charge in [-0.05, 0) is 79.8 Å². The summed E-state index contributed by atoms with van der Waals surface area (Å²) in [6.45, 7) is 10.3. The molecule has 0 saturated carbocycles. The van der Waals surface area contributed by atoms with Gasteiger partial charge < -0.3 is 4.74 Å². The average Bonchev–Trinajstić information content (AvgIpc) is 3.43. The molecule has 0 radical (unpaired) electrons. The summed E-state index contributed by atoms with van der Waals surface area (Å²) in [5.41, 5.74) is 5.40. The zero-order valence-electron chi connectivity index (χ0n) is 25.0. The Morgan fingerprint density at radius 3 is 2.23 bits per heavy atom. The highest BCUT2D eigenvalue weighted by atomic mass is 16.5. The van der Waals surface area contributed by atoms with Crippen molar-refractivity contribution in [3.8, 4) is 28.8 Å². The van der Waals surface area contributed by atoms with Gasteiger partial charge in [-0.25, -0.2) is 4.68 Å². The molecule has 1 aliphatic rings. The van der Waals surface area contributed by atoms with Crippen LogP contribution in [-0.4, -0.2) is 33.1 Å². The number of para-hydroxylation sites is 1. The Balaban J connectivity index is 1.64. The molecule has 1 unspecified atom stereocenters. The van der Waals surface area contributed by atoms with Gasteiger partial charge in [0.05, 0.1) is 24.0 Å². The van der Waals surface area contributed by atoms with Gasteiger partial charge in [-0.3, -0.25) is 14.5 Å². The smallest absolute Gasteiger partial charge is 0.272 e. The number of benzene rings is 3. The Morgan fingerprint density at radius 2 is 1.60 bits per heavy atom. The van der Waals surface area contributed by atoms with Gasteiger partial charge in [0.1, 0.15) is 17.4 Å². The van der Waals surface area contributed by atoms with E-state index in [9.17, 15) is 14.9 Å². The Hall–Kier alpha value is -5.22. The maximum atomic E-state index is 14.0. The summed E-state index contributed by atoms with van der Waals surface area (Å²) in [6, 6.07) is 26.5. The second-order valence-electron chi connectivity index (χ2n) is 11.1. The number of nitrogens with zero attached hydrogens (tertiary/aromatic N) is 4. The van der Waals surface area contributed by atoms with Gasteiger partial charge in [-0.2, -0.15) is 10.4 Å². The number of imide groups is 1. The van der Waals surface area contributed by atoms with Gasteiger partial charge in [0.2, 0.25) is 0 Å². The molecular weight excluding hydrogens is 536 g/mol. The average molecular weight is 571 g/mol. The minimum atomic E-state index is -0.591. The van der Waals surface area contributed by atoms with E-state index in [1.54, 1.807) is 24.6 Å². The standard InChI is InChI=1S/C36H34N4O3/c1-23(2)22-43-33-17-16-28(18-24(33)3)34-29(21-39(38-34)30-14-10-7-11-15-30)19-31-25(4)32(20-37)36(42)40(35(31)41)26(5)27-12-8-6-9-13-27/h6-19,21,23,26H,22H2,1-5H3/b31-19+. The first-order valence-corrected chi connectivity index (χ1v) is 14.3. The van der Waals surface area contributed by atoms with Gasteiger partial charge in [0, 0.05) is 22.9 Å². The maximum absolute atomic E-state index is 14.0. The lowest BCUT2D eigenvalue weighted by Crippen LogP contribution is -2.44. The van der Waals surface area contributed by atoms with Crippen molar-refractivity contribution in [3.05, 3.63) is 118 Å². The van der Waals surface area contributed by atoms with Crippen molar-refractivity contribution in [2.24, 2.45) is 5.92 Å². The highest BCUT2D eigenvalue weighted by molar-refractivity contribution is 6.20. The summed E-state index contributed by atoms with van der Waals surface area (Å²) < 4.78 is 7.76. The highest BCUT2D eigenvalue weighted by Gasteiger charge is 2.39. The molecule has 216 valence electrons. The van der Waals surface area contributed by atoms with Crippen LogP contribution in [0.5, 0.6) is 5.75 Å². The molecule has 0 aliphatic carbocycles. The summed E-state index contributed by atoms with van der Waals surface area (Å²) in [5.74, 6) is 0.164. The second kappa shape index (κ2) is 12.3. The zero-order chi connectivity index (χ0) is 30.7. The summed E-state index contributed by atoms with van der Waals surface area (Å²) in [5, 5.41) is 14.9. The molecule has 2 heterocycles. The molecule has 0 N–H and O–H groups in total. The van der Waals surface area contributed by atoms with Crippen LogP contribution in [0.15, 0.2) is 102 Å². The number of carbonyl (C=O) groups is 2. The van der Waals surface area contributed by atoms with Crippen molar-refractivity contribution in [2.45, 2.75) is 40.7 Å². The maximum Gasteiger partial charge on any atom is 0.272 e. The lowest BCUT2D eigenvalue weighted by molar-refractivity contribution is -0.143. The fourth-order valence-corrected chi connectivity index (χ4v) is 5.13. The number of amides is 2. The number of ether oxygens (including phenoxy) is 1. The van der Waals surface area contributed by atoms with Crippen LogP contribution in [0.1, 0.15) is 50.4 Å². The van der Waals surface area contributed by atoms with Gasteiger partial charge >= 0.3 is 0 Å². The molecule has 7 heteroatoms. The monoisotopic (exact) mass is 570 g/mol. The Kier molecular flexibility index (Phi) is 8.40. The largest absolute Gasteiger partial charge is 0.493 e. The molecule has 7 nitrogen and oxygen atoms in total. The summed E-state index contributed by atoms with van der Waals surface area (Å²) in [4.78, 5) is 28.6. The van der Waals surface area contributed by atoms with Crippen LogP contribution in [0.4, 0.5) is 0 Å². The number of rotatable bonds is 8. The number of aromatic nitrogens is 2. The molecule has 0 bridgehead atoms. The van der Waals surface area contributed by atoms with E-state index < -0.39 is 17.9 Å². The minimum Gasteiger partial charge on any atom is -0.493 e. The second-order valence-corrected chi connectivity index (χ2v) is 11.1. The van der Waals surface area contributed by atoms with Gasteiger partial charge in [-0.1, -0.05) is 62.4 Å². The van der Waals surface area contributed by atoms with Crippen LogP contribution in [0, 0.1) is 24.2 Å². The topological polar surface area (TPSA) is 88.2 Å². The number of aryl methyl sites for hydroxylation is 1. The first-order chi connectivity index (χ1) is 20.7. The third-order valence-corrected chi connectivity index (χ3v) is 7.53. The van der Waals surface area contributed by atoms with E-state index in [1.807, 2.05) is 98.1 Å². The van der Waals surface area contributed by atoms with E-state index in [1.165, 1.54) is 4.90 Å². The normalized spacial score (nSPS) is 15.3. The van der Waals surface area contributed by atoms with Crippen LogP contribution in [-0.2, 0) is 9.59 Å². The predicted molar refractivity (Wildman–Crippen MR) is 167 cm³/mol. The van der Waals surface area contributed by atoms with Crippen molar-refractivity contribution < 1.29 is 14.3 Å². The molecule has 0 spiro atoms. The van der Waals surface area contributed by atoms with Crippen molar-refractivity contribution in [1.82, 2.24) is 14.7 Å². The zero-order valence-corrected chi connectivity index (χ0v) is 25.0. The summed E-state index contributed by atoms with van der Waals surface area (Å²) in [7, 11) is 0. The van der Waals surface area contributed by atoms with Crippen molar-refractivity contribution in [2.75, 3.05) is 6.61 Å². The number of carbonyl (C=O) groups excluding carboxylic acids is 2. The van der Waals surface area contributed by atoms with Gasteiger partial charge in [0.25, 0.3) is 11.8 Å². The van der Waals surface area contributed by atoms with Crippen LogP contribution >= 0.6 is 0 Å². The lowest BCUT2D eigenvalue weighted by Gasteiger charge is -2.32. The van der Waals surface area contributed by atoms with Crippen LogP contribution in [0.25, 0.3) is 23.0 Å². The molecule has 3 aromatic carbocycles. The van der Waals surface area contributed by atoms with E-state index in [0.29, 0.717) is 29.4 Å².